The third kappa shape index (κ3) is 2.41. The lowest BCUT2D eigenvalue weighted by Gasteiger charge is -2.61. The zero-order chi connectivity index (χ0) is 16.6. The fourth-order valence-electron chi connectivity index (χ4n) is 3.95. The summed E-state index contributed by atoms with van der Waals surface area (Å²) in [4.78, 5) is 20.9. The molecule has 2 aromatic rings. The van der Waals surface area contributed by atoms with E-state index in [0.29, 0.717) is 11.7 Å². The van der Waals surface area contributed by atoms with Crippen LogP contribution in [0.15, 0.2) is 37.1 Å². The Morgan fingerprint density at radius 2 is 2.33 bits per heavy atom. The molecule has 2 aliphatic rings. The molecule has 126 valence electrons. The average Bonchev–Trinajstić information content (AvgIpc) is 3.06. The minimum absolute atomic E-state index is 0.0501. The number of ether oxygens (including phenoxy) is 1. The van der Waals surface area contributed by atoms with E-state index in [9.17, 15) is 4.79 Å². The fraction of sp³-hybridized carbons (Fsp3) is 0.500. The molecule has 0 radical (unpaired) electrons. The Labute approximate surface area is 141 Å². The van der Waals surface area contributed by atoms with Crippen molar-refractivity contribution in [3.8, 4) is 5.82 Å². The molecule has 2 heterocycles. The number of pyridine rings is 1. The highest BCUT2D eigenvalue weighted by Gasteiger charge is 2.59. The van der Waals surface area contributed by atoms with E-state index in [4.69, 9.17) is 4.74 Å². The van der Waals surface area contributed by atoms with Gasteiger partial charge >= 0.3 is 0 Å². The highest BCUT2D eigenvalue weighted by molar-refractivity contribution is 5.94. The van der Waals surface area contributed by atoms with E-state index < -0.39 is 0 Å². The molecule has 2 aliphatic carbocycles. The quantitative estimate of drug-likeness (QED) is 0.916. The number of hydrogen-bond donors (Lipinski definition) is 1. The molecule has 0 bridgehead atoms. The molecule has 1 amide bonds. The second kappa shape index (κ2) is 6.02. The van der Waals surface area contributed by atoms with Crippen molar-refractivity contribution >= 4 is 5.91 Å². The van der Waals surface area contributed by atoms with Crippen molar-refractivity contribution in [2.75, 3.05) is 6.61 Å². The first-order chi connectivity index (χ1) is 11.7. The molecule has 6 nitrogen and oxygen atoms in total. The van der Waals surface area contributed by atoms with Crippen molar-refractivity contribution in [3.63, 3.8) is 0 Å². The number of carbonyl (C=O) groups excluding carboxylic acids is 1. The maximum atomic E-state index is 12.5. The number of rotatable bonds is 5. The van der Waals surface area contributed by atoms with Gasteiger partial charge in [-0.25, -0.2) is 9.97 Å². The average molecular weight is 326 g/mol. The van der Waals surface area contributed by atoms with E-state index in [1.807, 2.05) is 29.8 Å². The number of hydrogen-bond acceptors (Lipinski definition) is 4. The molecule has 2 saturated carbocycles. The highest BCUT2D eigenvalue weighted by Crippen LogP contribution is 2.57. The highest BCUT2D eigenvalue weighted by atomic mass is 16.5. The molecule has 0 unspecified atom stereocenters. The molecule has 0 aromatic carbocycles. The largest absolute Gasteiger partial charge is 0.378 e. The van der Waals surface area contributed by atoms with Gasteiger partial charge in [0.25, 0.3) is 5.91 Å². The van der Waals surface area contributed by atoms with Gasteiger partial charge in [-0.05, 0) is 38.3 Å². The van der Waals surface area contributed by atoms with Crippen molar-refractivity contribution in [1.29, 1.82) is 0 Å². The Balaban J connectivity index is 1.42. The summed E-state index contributed by atoms with van der Waals surface area (Å²) < 4.78 is 7.65. The van der Waals surface area contributed by atoms with E-state index in [1.165, 1.54) is 6.42 Å². The van der Waals surface area contributed by atoms with Gasteiger partial charge in [-0.15, -0.1) is 0 Å². The first-order valence-electron chi connectivity index (χ1n) is 8.60. The Bertz CT molecular complexity index is 707. The molecule has 24 heavy (non-hydrogen) atoms. The van der Waals surface area contributed by atoms with Gasteiger partial charge in [-0.2, -0.15) is 0 Å². The number of carbonyl (C=O) groups is 1. The van der Waals surface area contributed by atoms with Gasteiger partial charge in [-0.1, -0.05) is 6.42 Å². The van der Waals surface area contributed by atoms with Gasteiger partial charge in [0.2, 0.25) is 0 Å². The number of nitrogens with zero attached hydrogens (tertiary/aromatic N) is 3. The molecule has 2 aromatic heterocycles. The summed E-state index contributed by atoms with van der Waals surface area (Å²) in [5, 5.41) is 3.19. The Kier molecular flexibility index (Phi) is 3.84. The van der Waals surface area contributed by atoms with Crippen molar-refractivity contribution < 1.29 is 9.53 Å². The fourth-order valence-corrected chi connectivity index (χ4v) is 3.95. The molecule has 2 fully saturated rings. The van der Waals surface area contributed by atoms with Gasteiger partial charge in [0.1, 0.15) is 12.1 Å². The Morgan fingerprint density at radius 1 is 1.46 bits per heavy atom. The predicted molar refractivity (Wildman–Crippen MR) is 88.9 cm³/mol. The summed E-state index contributed by atoms with van der Waals surface area (Å²) in [6, 6.07) is 3.87. The summed E-state index contributed by atoms with van der Waals surface area (Å²) in [5.74, 6) is 0.700. The molecule has 0 saturated heterocycles. The summed E-state index contributed by atoms with van der Waals surface area (Å²) in [5.41, 5.74) is 0.767. The van der Waals surface area contributed by atoms with Crippen LogP contribution in [0.25, 0.3) is 5.82 Å². The summed E-state index contributed by atoms with van der Waals surface area (Å²) in [6.45, 7) is 2.78. The number of amides is 1. The van der Waals surface area contributed by atoms with Gasteiger partial charge in [0.15, 0.2) is 0 Å². The second-order valence-electron chi connectivity index (χ2n) is 6.67. The van der Waals surface area contributed by atoms with Crippen LogP contribution in [0.2, 0.25) is 0 Å². The zero-order valence-electron chi connectivity index (χ0n) is 13.8. The molecule has 4 rings (SSSR count). The van der Waals surface area contributed by atoms with Crippen molar-refractivity contribution in [2.45, 2.75) is 44.8 Å². The van der Waals surface area contributed by atoms with Crippen LogP contribution in [0.1, 0.15) is 43.0 Å². The molecule has 1 N–H and O–H groups in total. The van der Waals surface area contributed by atoms with Crippen LogP contribution in [0.5, 0.6) is 0 Å². The van der Waals surface area contributed by atoms with Gasteiger partial charge in [-0.3, -0.25) is 9.36 Å². The van der Waals surface area contributed by atoms with Crippen LogP contribution in [0, 0.1) is 5.41 Å². The topological polar surface area (TPSA) is 69.0 Å². The van der Waals surface area contributed by atoms with Crippen molar-refractivity contribution in [1.82, 2.24) is 19.9 Å². The van der Waals surface area contributed by atoms with Crippen LogP contribution in [-0.2, 0) is 4.74 Å². The second-order valence-corrected chi connectivity index (χ2v) is 6.67. The molecular formula is C18H22N4O2. The van der Waals surface area contributed by atoms with E-state index in [-0.39, 0.29) is 17.4 Å². The smallest absolute Gasteiger partial charge is 0.253 e. The molecule has 0 aliphatic heterocycles. The predicted octanol–water partition coefficient (Wildman–Crippen LogP) is 2.34. The van der Waals surface area contributed by atoms with Gasteiger partial charge in [0, 0.05) is 36.7 Å². The maximum Gasteiger partial charge on any atom is 0.253 e. The third-order valence-corrected chi connectivity index (χ3v) is 5.52. The van der Waals surface area contributed by atoms with E-state index in [0.717, 1.165) is 31.7 Å². The SMILES string of the molecule is CCO[C@@H]1C[C@H](NC(=O)c2ccc(-n3ccnc3)nc2)C12CCC2. The molecular weight excluding hydrogens is 304 g/mol. The third-order valence-electron chi connectivity index (χ3n) is 5.52. The van der Waals surface area contributed by atoms with E-state index in [2.05, 4.69) is 15.3 Å². The van der Waals surface area contributed by atoms with Crippen LogP contribution in [0.4, 0.5) is 0 Å². The minimum Gasteiger partial charge on any atom is -0.378 e. The van der Waals surface area contributed by atoms with Crippen molar-refractivity contribution in [3.05, 3.63) is 42.6 Å². The Morgan fingerprint density at radius 3 is 2.92 bits per heavy atom. The summed E-state index contributed by atoms with van der Waals surface area (Å²) in [6.07, 6.45) is 11.6. The van der Waals surface area contributed by atoms with Crippen LogP contribution < -0.4 is 5.32 Å². The number of imidazole rings is 1. The lowest BCUT2D eigenvalue weighted by Crippen LogP contribution is -2.67. The lowest BCUT2D eigenvalue weighted by molar-refractivity contribution is -0.169. The molecule has 6 heteroatoms. The number of aromatic nitrogens is 3. The van der Waals surface area contributed by atoms with Crippen molar-refractivity contribution in [2.24, 2.45) is 5.41 Å². The van der Waals surface area contributed by atoms with E-state index in [1.54, 1.807) is 18.7 Å². The van der Waals surface area contributed by atoms with Gasteiger partial charge in [0.05, 0.1) is 11.7 Å². The van der Waals surface area contributed by atoms with E-state index >= 15 is 0 Å². The minimum atomic E-state index is -0.0501. The normalized spacial score (nSPS) is 24.2. The van der Waals surface area contributed by atoms with Crippen LogP contribution >= 0.6 is 0 Å². The number of nitrogens with one attached hydrogen (secondary N) is 1. The summed E-state index contributed by atoms with van der Waals surface area (Å²) in [7, 11) is 0. The van der Waals surface area contributed by atoms with Crippen LogP contribution in [0.3, 0.4) is 0 Å². The first-order valence-corrected chi connectivity index (χ1v) is 8.60. The zero-order valence-corrected chi connectivity index (χ0v) is 13.8. The first kappa shape index (κ1) is 15.3. The standard InChI is InChI=1S/C18H22N4O2/c1-2-24-15-10-14(18(15)6-3-7-18)21-17(23)13-4-5-16(20-11-13)22-9-8-19-12-22/h4-5,8-9,11-12,14-15H,2-3,6-7,10H2,1H3,(H,21,23)/t14-,15+/m0/s1. The maximum absolute atomic E-state index is 12.5. The van der Waals surface area contributed by atoms with Crippen LogP contribution in [-0.4, -0.2) is 39.2 Å². The monoisotopic (exact) mass is 326 g/mol. The molecule has 1 spiro atoms. The Hall–Kier alpha value is -2.21. The molecule has 2 atom stereocenters. The summed E-state index contributed by atoms with van der Waals surface area (Å²) >= 11 is 0. The van der Waals surface area contributed by atoms with Gasteiger partial charge < -0.3 is 10.1 Å². The lowest BCUT2D eigenvalue weighted by atomic mass is 9.51.